The quantitative estimate of drug-likeness (QED) is 0.479. The first-order chi connectivity index (χ1) is 8.49. The summed E-state index contributed by atoms with van der Waals surface area (Å²) in [5, 5.41) is 6.88. The van der Waals surface area contributed by atoms with E-state index in [1.165, 1.54) is 7.11 Å². The number of aryl methyl sites for hydroxylation is 2. The molecular formula is C11H16IN3O3. The van der Waals surface area contributed by atoms with Crippen molar-refractivity contribution in [1.82, 2.24) is 15.1 Å². The van der Waals surface area contributed by atoms with Gasteiger partial charge in [0, 0.05) is 13.1 Å². The molecule has 0 aliphatic rings. The van der Waals surface area contributed by atoms with Gasteiger partial charge in [-0.25, -0.2) is 0 Å². The number of hydrogen-bond donors (Lipinski definition) is 1. The van der Waals surface area contributed by atoms with Gasteiger partial charge < -0.3 is 10.1 Å². The van der Waals surface area contributed by atoms with Crippen LogP contribution in [-0.4, -0.2) is 39.2 Å². The van der Waals surface area contributed by atoms with E-state index >= 15 is 0 Å². The van der Waals surface area contributed by atoms with Crippen LogP contribution in [0.3, 0.4) is 0 Å². The van der Waals surface area contributed by atoms with Crippen LogP contribution in [0.1, 0.15) is 23.1 Å². The van der Waals surface area contributed by atoms with Gasteiger partial charge in [0.05, 0.1) is 12.8 Å². The highest BCUT2D eigenvalue weighted by atomic mass is 127. The maximum atomic E-state index is 11.9. The Bertz CT molecular complexity index is 445. The molecule has 1 rings (SSSR count). The fourth-order valence-corrected chi connectivity index (χ4v) is 1.93. The van der Waals surface area contributed by atoms with E-state index in [2.05, 4.69) is 15.2 Å². The summed E-state index contributed by atoms with van der Waals surface area (Å²) >= 11 is 1.93. The first kappa shape index (κ1) is 14.9. The number of carbonyl (C=O) groups is 2. The summed E-state index contributed by atoms with van der Waals surface area (Å²) in [6.07, 6.45) is 0. The van der Waals surface area contributed by atoms with Gasteiger partial charge in [-0.3, -0.25) is 14.3 Å². The number of alkyl halides is 1. The van der Waals surface area contributed by atoms with E-state index in [9.17, 15) is 9.59 Å². The Kier molecular flexibility index (Phi) is 5.57. The van der Waals surface area contributed by atoms with E-state index in [0.717, 1.165) is 5.69 Å². The maximum absolute atomic E-state index is 11.9. The number of methoxy groups -OCH3 is 1. The lowest BCUT2D eigenvalue weighted by Gasteiger charge is -2.09. The number of halogens is 1. The average molecular weight is 365 g/mol. The lowest BCUT2D eigenvalue weighted by molar-refractivity contribution is -0.139. The molecule has 0 aliphatic heterocycles. The molecule has 0 bridgehead atoms. The average Bonchev–Trinajstić information content (AvgIpc) is 2.75. The number of nitrogens with zero attached hydrogens (tertiary/aromatic N) is 2. The van der Waals surface area contributed by atoms with Crippen molar-refractivity contribution in [1.29, 1.82) is 0 Å². The van der Waals surface area contributed by atoms with Crippen LogP contribution in [0.4, 0.5) is 0 Å². The molecule has 0 saturated heterocycles. The number of esters is 1. The minimum Gasteiger partial charge on any atom is -0.468 e. The van der Waals surface area contributed by atoms with Crippen LogP contribution in [0.5, 0.6) is 0 Å². The van der Waals surface area contributed by atoms with Gasteiger partial charge in [-0.2, -0.15) is 5.10 Å². The standard InChI is InChI=1S/C11H16IN3O3/c1-4-15-9(5-7(2)14-15)10(16)13-6-8(12)11(17)18-3/h5,8H,4,6H2,1-3H3,(H,13,16). The summed E-state index contributed by atoms with van der Waals surface area (Å²) in [5.74, 6) is -0.584. The largest absolute Gasteiger partial charge is 0.468 e. The van der Waals surface area contributed by atoms with E-state index in [1.807, 2.05) is 36.4 Å². The fraction of sp³-hybridized carbons (Fsp3) is 0.545. The van der Waals surface area contributed by atoms with Gasteiger partial charge in [0.25, 0.3) is 5.91 Å². The Hall–Kier alpha value is -1.12. The van der Waals surface area contributed by atoms with E-state index in [4.69, 9.17) is 0 Å². The fourth-order valence-electron chi connectivity index (χ4n) is 1.45. The number of ether oxygens (including phenoxy) is 1. The molecule has 0 spiro atoms. The highest BCUT2D eigenvalue weighted by Gasteiger charge is 2.18. The maximum Gasteiger partial charge on any atom is 0.320 e. The number of nitrogens with one attached hydrogen (secondary N) is 1. The van der Waals surface area contributed by atoms with Crippen LogP contribution in [0.2, 0.25) is 0 Å². The van der Waals surface area contributed by atoms with Crippen molar-refractivity contribution in [3.8, 4) is 0 Å². The molecule has 0 radical (unpaired) electrons. The minimum absolute atomic E-state index is 0.233. The van der Waals surface area contributed by atoms with Crippen molar-refractivity contribution in [3.63, 3.8) is 0 Å². The lowest BCUT2D eigenvalue weighted by atomic mass is 10.3. The van der Waals surface area contributed by atoms with Crippen molar-refractivity contribution in [2.45, 2.75) is 24.3 Å². The summed E-state index contributed by atoms with van der Waals surface area (Å²) in [5.41, 5.74) is 1.30. The Morgan fingerprint density at radius 3 is 2.83 bits per heavy atom. The van der Waals surface area contributed by atoms with E-state index in [-0.39, 0.29) is 18.4 Å². The Morgan fingerprint density at radius 2 is 2.28 bits per heavy atom. The summed E-state index contributed by atoms with van der Waals surface area (Å²) in [6, 6.07) is 1.72. The van der Waals surface area contributed by atoms with Crippen LogP contribution in [-0.2, 0) is 16.1 Å². The van der Waals surface area contributed by atoms with Crippen LogP contribution in [0.15, 0.2) is 6.07 Å². The SMILES string of the molecule is CCn1nc(C)cc1C(=O)NCC(I)C(=O)OC. The summed E-state index contributed by atoms with van der Waals surface area (Å²) in [4.78, 5) is 23.1. The van der Waals surface area contributed by atoms with Gasteiger partial charge in [-0.05, 0) is 19.9 Å². The van der Waals surface area contributed by atoms with Gasteiger partial charge in [-0.15, -0.1) is 0 Å². The van der Waals surface area contributed by atoms with Crippen molar-refractivity contribution in [2.24, 2.45) is 0 Å². The first-order valence-electron chi connectivity index (χ1n) is 5.54. The van der Waals surface area contributed by atoms with E-state index in [1.54, 1.807) is 10.7 Å². The minimum atomic E-state index is -0.393. The summed E-state index contributed by atoms with van der Waals surface area (Å²) < 4.78 is 5.82. The molecule has 18 heavy (non-hydrogen) atoms. The molecular weight excluding hydrogens is 349 g/mol. The molecule has 100 valence electrons. The second-order valence-electron chi connectivity index (χ2n) is 3.69. The highest BCUT2D eigenvalue weighted by molar-refractivity contribution is 14.1. The molecule has 6 nitrogen and oxygen atoms in total. The van der Waals surface area contributed by atoms with Crippen LogP contribution in [0, 0.1) is 6.92 Å². The third-order valence-electron chi connectivity index (χ3n) is 2.33. The molecule has 0 aliphatic carbocycles. The number of amides is 1. The van der Waals surface area contributed by atoms with Gasteiger partial charge >= 0.3 is 5.97 Å². The smallest absolute Gasteiger partial charge is 0.320 e. The van der Waals surface area contributed by atoms with Crippen LogP contribution >= 0.6 is 22.6 Å². The predicted molar refractivity (Wildman–Crippen MR) is 74.8 cm³/mol. The topological polar surface area (TPSA) is 73.2 Å². The highest BCUT2D eigenvalue weighted by Crippen LogP contribution is 2.05. The van der Waals surface area contributed by atoms with Crippen molar-refractivity contribution < 1.29 is 14.3 Å². The molecule has 1 heterocycles. The monoisotopic (exact) mass is 365 g/mol. The zero-order chi connectivity index (χ0) is 13.7. The number of rotatable bonds is 5. The lowest BCUT2D eigenvalue weighted by Crippen LogP contribution is -2.34. The molecule has 7 heteroatoms. The van der Waals surface area contributed by atoms with Crippen molar-refractivity contribution >= 4 is 34.5 Å². The molecule has 1 atom stereocenters. The van der Waals surface area contributed by atoms with Gasteiger partial charge in [0.2, 0.25) is 0 Å². The Morgan fingerprint density at radius 1 is 1.61 bits per heavy atom. The Labute approximate surface area is 119 Å². The van der Waals surface area contributed by atoms with Crippen LogP contribution < -0.4 is 5.32 Å². The molecule has 1 aromatic rings. The zero-order valence-corrected chi connectivity index (χ0v) is 12.7. The second kappa shape index (κ2) is 6.72. The van der Waals surface area contributed by atoms with Crippen molar-refractivity contribution in [2.75, 3.05) is 13.7 Å². The van der Waals surface area contributed by atoms with Crippen LogP contribution in [0.25, 0.3) is 0 Å². The van der Waals surface area contributed by atoms with E-state index in [0.29, 0.717) is 12.2 Å². The normalized spacial score (nSPS) is 12.0. The van der Waals surface area contributed by atoms with Crippen molar-refractivity contribution in [3.05, 3.63) is 17.5 Å². The molecule has 0 saturated carbocycles. The molecule has 1 N–H and O–H groups in total. The van der Waals surface area contributed by atoms with Gasteiger partial charge in [-0.1, -0.05) is 22.6 Å². The molecule has 1 aromatic heterocycles. The predicted octanol–water partition coefficient (Wildman–Crippen LogP) is 0.918. The number of carbonyl (C=O) groups excluding carboxylic acids is 2. The summed E-state index contributed by atoms with van der Waals surface area (Å²) in [6.45, 7) is 4.61. The third kappa shape index (κ3) is 3.69. The Balaban J connectivity index is 2.63. The number of hydrogen-bond acceptors (Lipinski definition) is 4. The zero-order valence-electron chi connectivity index (χ0n) is 10.6. The third-order valence-corrected chi connectivity index (χ3v) is 3.28. The first-order valence-corrected chi connectivity index (χ1v) is 6.78. The molecule has 1 unspecified atom stereocenters. The second-order valence-corrected chi connectivity index (χ2v) is 5.19. The molecule has 1 amide bonds. The van der Waals surface area contributed by atoms with Gasteiger partial charge in [0.15, 0.2) is 0 Å². The summed E-state index contributed by atoms with van der Waals surface area (Å²) in [7, 11) is 1.32. The van der Waals surface area contributed by atoms with Gasteiger partial charge in [0.1, 0.15) is 9.62 Å². The molecule has 0 aromatic carbocycles. The molecule has 0 fully saturated rings. The number of aromatic nitrogens is 2. The van der Waals surface area contributed by atoms with E-state index < -0.39 is 3.92 Å².